The largest absolute Gasteiger partial charge is 0.497 e. The van der Waals surface area contributed by atoms with Crippen LogP contribution in [0.1, 0.15) is 5.56 Å². The van der Waals surface area contributed by atoms with Crippen molar-refractivity contribution in [1.82, 2.24) is 15.4 Å². The van der Waals surface area contributed by atoms with Crippen LogP contribution in [0, 0.1) is 0 Å². The topological polar surface area (TPSA) is 79.9 Å². The van der Waals surface area contributed by atoms with Crippen LogP contribution < -0.4 is 10.1 Å². The van der Waals surface area contributed by atoms with Crippen molar-refractivity contribution in [3.63, 3.8) is 0 Å². The molecule has 0 spiro atoms. The molecule has 2 N–H and O–H groups in total. The van der Waals surface area contributed by atoms with E-state index in [9.17, 15) is 4.79 Å². The summed E-state index contributed by atoms with van der Waals surface area (Å²) in [6.07, 6.45) is 0.269. The van der Waals surface area contributed by atoms with Gasteiger partial charge < -0.3 is 10.1 Å². The van der Waals surface area contributed by atoms with Crippen LogP contribution in [0.4, 0.5) is 5.69 Å². The molecule has 3 aromatic rings. The number of aromatic amines is 1. The molecule has 6 heteroatoms. The summed E-state index contributed by atoms with van der Waals surface area (Å²) in [5.41, 5.74) is 2.90. The normalized spacial score (nSPS) is 10.5. The first-order chi connectivity index (χ1) is 10.3. The number of carbonyl (C=O) groups is 1. The number of carbonyl (C=O) groups excluding carboxylic acids is 1. The molecule has 1 heterocycles. The first-order valence-corrected chi connectivity index (χ1v) is 6.48. The Morgan fingerprint density at radius 2 is 2.10 bits per heavy atom. The molecule has 1 amide bonds. The number of H-pyrrole nitrogens is 1. The fourth-order valence-corrected chi connectivity index (χ4v) is 2.13. The number of hydrogen-bond acceptors (Lipinski definition) is 4. The number of aromatic nitrogens is 3. The maximum atomic E-state index is 12.1. The number of para-hydroxylation sites is 1. The van der Waals surface area contributed by atoms with E-state index >= 15 is 0 Å². The first kappa shape index (κ1) is 13.1. The van der Waals surface area contributed by atoms with Crippen molar-refractivity contribution < 1.29 is 9.53 Å². The molecule has 0 bridgehead atoms. The number of hydrogen-bond donors (Lipinski definition) is 2. The molecule has 0 aliphatic carbocycles. The molecule has 6 nitrogen and oxygen atoms in total. The van der Waals surface area contributed by atoms with Gasteiger partial charge in [0.1, 0.15) is 16.8 Å². The molecule has 106 valence electrons. The molecular weight excluding hydrogens is 268 g/mol. The van der Waals surface area contributed by atoms with Gasteiger partial charge in [-0.25, -0.2) is 0 Å². The van der Waals surface area contributed by atoms with Crippen LogP contribution in [0.3, 0.4) is 0 Å². The van der Waals surface area contributed by atoms with Crippen molar-refractivity contribution in [1.29, 1.82) is 0 Å². The van der Waals surface area contributed by atoms with Crippen LogP contribution in [0.15, 0.2) is 42.5 Å². The molecule has 0 aliphatic heterocycles. The quantitative estimate of drug-likeness (QED) is 0.768. The predicted octanol–water partition coefficient (Wildman–Crippen LogP) is 2.15. The fourth-order valence-electron chi connectivity index (χ4n) is 2.13. The number of rotatable bonds is 4. The van der Waals surface area contributed by atoms with Gasteiger partial charge in [0.05, 0.1) is 19.2 Å². The number of fused-ring (bicyclic) bond motifs is 1. The minimum atomic E-state index is -0.112. The zero-order chi connectivity index (χ0) is 14.7. The van der Waals surface area contributed by atoms with Crippen LogP contribution in [0.2, 0.25) is 0 Å². The number of methoxy groups -OCH3 is 1. The van der Waals surface area contributed by atoms with E-state index in [0.717, 1.165) is 11.3 Å². The number of nitrogens with zero attached hydrogens (tertiary/aromatic N) is 2. The van der Waals surface area contributed by atoms with Gasteiger partial charge in [-0.2, -0.15) is 15.4 Å². The third-order valence-electron chi connectivity index (χ3n) is 3.12. The summed E-state index contributed by atoms with van der Waals surface area (Å²) in [7, 11) is 1.60. The van der Waals surface area contributed by atoms with E-state index in [1.54, 1.807) is 13.2 Å². The standard InChI is InChI=1S/C15H14N4O2/c1-21-11-5-2-4-10(8-11)9-14(20)16-12-6-3-7-13-15(12)18-19-17-13/h2-8H,9H2,1H3,(H,16,20)(H,17,18,19). The van der Waals surface area contributed by atoms with E-state index in [2.05, 4.69) is 20.7 Å². The van der Waals surface area contributed by atoms with Gasteiger partial charge in [0.15, 0.2) is 0 Å². The lowest BCUT2D eigenvalue weighted by Crippen LogP contribution is -2.14. The maximum absolute atomic E-state index is 12.1. The van der Waals surface area contributed by atoms with Crippen LogP contribution in [-0.2, 0) is 11.2 Å². The van der Waals surface area contributed by atoms with E-state index < -0.39 is 0 Å². The summed E-state index contributed by atoms with van der Waals surface area (Å²) in [6, 6.07) is 12.9. The van der Waals surface area contributed by atoms with Gasteiger partial charge >= 0.3 is 0 Å². The zero-order valence-corrected chi connectivity index (χ0v) is 11.5. The number of ether oxygens (including phenoxy) is 1. The van der Waals surface area contributed by atoms with E-state index in [0.29, 0.717) is 16.7 Å². The third-order valence-corrected chi connectivity index (χ3v) is 3.12. The summed E-state index contributed by atoms with van der Waals surface area (Å²) < 4.78 is 5.15. The molecular formula is C15H14N4O2. The number of benzene rings is 2. The van der Waals surface area contributed by atoms with Crippen molar-refractivity contribution in [2.45, 2.75) is 6.42 Å². The Balaban J connectivity index is 1.75. The van der Waals surface area contributed by atoms with Crippen LogP contribution in [-0.4, -0.2) is 28.4 Å². The molecule has 0 saturated heterocycles. The van der Waals surface area contributed by atoms with Crippen molar-refractivity contribution in [3.8, 4) is 5.75 Å². The second-order valence-corrected chi connectivity index (χ2v) is 4.57. The zero-order valence-electron chi connectivity index (χ0n) is 11.5. The second kappa shape index (κ2) is 5.62. The Morgan fingerprint density at radius 3 is 2.95 bits per heavy atom. The Kier molecular flexibility index (Phi) is 3.51. The lowest BCUT2D eigenvalue weighted by atomic mass is 10.1. The van der Waals surface area contributed by atoms with E-state index in [4.69, 9.17) is 4.74 Å². The van der Waals surface area contributed by atoms with Crippen LogP contribution in [0.25, 0.3) is 11.0 Å². The minimum absolute atomic E-state index is 0.112. The summed E-state index contributed by atoms with van der Waals surface area (Å²) in [6.45, 7) is 0. The van der Waals surface area contributed by atoms with Crippen molar-refractivity contribution in [2.75, 3.05) is 12.4 Å². The molecule has 0 radical (unpaired) electrons. The summed E-state index contributed by atoms with van der Waals surface area (Å²) in [5, 5.41) is 13.4. The number of amides is 1. The van der Waals surface area contributed by atoms with Gasteiger partial charge in [-0.3, -0.25) is 4.79 Å². The Labute approximate surface area is 121 Å². The van der Waals surface area contributed by atoms with E-state index in [1.165, 1.54) is 0 Å². The first-order valence-electron chi connectivity index (χ1n) is 6.48. The van der Waals surface area contributed by atoms with Crippen molar-refractivity contribution in [3.05, 3.63) is 48.0 Å². The molecule has 3 rings (SSSR count). The molecule has 0 unspecified atom stereocenters. The highest BCUT2D eigenvalue weighted by Gasteiger charge is 2.09. The van der Waals surface area contributed by atoms with E-state index in [1.807, 2.05) is 36.4 Å². The predicted molar refractivity (Wildman–Crippen MR) is 79.2 cm³/mol. The van der Waals surface area contributed by atoms with Crippen LogP contribution >= 0.6 is 0 Å². The highest BCUT2D eigenvalue weighted by Crippen LogP contribution is 2.19. The highest BCUT2D eigenvalue weighted by atomic mass is 16.5. The third kappa shape index (κ3) is 2.84. The van der Waals surface area contributed by atoms with Crippen molar-refractivity contribution in [2.24, 2.45) is 0 Å². The van der Waals surface area contributed by atoms with Gasteiger partial charge in [0, 0.05) is 0 Å². The molecule has 0 fully saturated rings. The smallest absolute Gasteiger partial charge is 0.228 e. The Bertz CT molecular complexity index is 782. The SMILES string of the molecule is COc1cccc(CC(=O)Nc2cccc3n[nH]nc23)c1. The van der Waals surface area contributed by atoms with Gasteiger partial charge in [-0.1, -0.05) is 18.2 Å². The monoisotopic (exact) mass is 282 g/mol. The molecule has 0 saturated carbocycles. The van der Waals surface area contributed by atoms with Gasteiger partial charge in [0.25, 0.3) is 0 Å². The summed E-state index contributed by atoms with van der Waals surface area (Å²) in [5.74, 6) is 0.623. The number of anilines is 1. The number of nitrogens with one attached hydrogen (secondary N) is 2. The maximum Gasteiger partial charge on any atom is 0.228 e. The molecule has 0 atom stereocenters. The van der Waals surface area contributed by atoms with Gasteiger partial charge in [-0.15, -0.1) is 0 Å². The van der Waals surface area contributed by atoms with Gasteiger partial charge in [-0.05, 0) is 29.8 Å². The summed E-state index contributed by atoms with van der Waals surface area (Å²) >= 11 is 0. The average molecular weight is 282 g/mol. The molecule has 21 heavy (non-hydrogen) atoms. The van der Waals surface area contributed by atoms with Crippen molar-refractivity contribution >= 4 is 22.6 Å². The molecule has 0 aliphatic rings. The van der Waals surface area contributed by atoms with Crippen LogP contribution in [0.5, 0.6) is 5.75 Å². The highest BCUT2D eigenvalue weighted by molar-refractivity contribution is 5.99. The lowest BCUT2D eigenvalue weighted by Gasteiger charge is -2.06. The second-order valence-electron chi connectivity index (χ2n) is 4.57. The Hall–Kier alpha value is -2.89. The Morgan fingerprint density at radius 1 is 1.24 bits per heavy atom. The average Bonchev–Trinajstić information content (AvgIpc) is 2.97. The molecule has 2 aromatic carbocycles. The van der Waals surface area contributed by atoms with E-state index in [-0.39, 0.29) is 12.3 Å². The fraction of sp³-hybridized carbons (Fsp3) is 0.133. The molecule has 1 aromatic heterocycles. The minimum Gasteiger partial charge on any atom is -0.497 e. The lowest BCUT2D eigenvalue weighted by molar-refractivity contribution is -0.115. The summed E-state index contributed by atoms with van der Waals surface area (Å²) in [4.78, 5) is 12.1. The van der Waals surface area contributed by atoms with Gasteiger partial charge in [0.2, 0.25) is 5.91 Å².